The summed E-state index contributed by atoms with van der Waals surface area (Å²) >= 11 is 0. The quantitative estimate of drug-likeness (QED) is 0.267. The highest BCUT2D eigenvalue weighted by Gasteiger charge is 2.59. The average molecular weight is 487 g/mol. The molecule has 4 rings (SSSR count). The van der Waals surface area contributed by atoms with Gasteiger partial charge in [-0.3, -0.25) is 9.59 Å². The lowest BCUT2D eigenvalue weighted by molar-refractivity contribution is -0.154. The molecule has 4 nitrogen and oxygen atoms in total. The first-order chi connectivity index (χ1) is 16.5. The molecule has 3 saturated carbocycles. The van der Waals surface area contributed by atoms with E-state index < -0.39 is 5.97 Å². The van der Waals surface area contributed by atoms with E-state index in [0.29, 0.717) is 5.41 Å². The molecular formula is C31H50O4. The zero-order valence-electron chi connectivity index (χ0n) is 23.0. The predicted octanol–water partition coefficient (Wildman–Crippen LogP) is 7.80. The molecule has 0 radical (unpaired) electrons. The topological polar surface area (TPSA) is 63.6 Å². The van der Waals surface area contributed by atoms with Gasteiger partial charge in [-0.05, 0) is 91.3 Å². The molecule has 0 aromatic carbocycles. The Morgan fingerprint density at radius 1 is 1.03 bits per heavy atom. The van der Waals surface area contributed by atoms with Gasteiger partial charge in [-0.25, -0.2) is 0 Å². The third kappa shape index (κ3) is 5.37. The van der Waals surface area contributed by atoms with Crippen molar-refractivity contribution in [1.29, 1.82) is 0 Å². The number of carboxylic acids is 1. The Morgan fingerprint density at radius 3 is 2.51 bits per heavy atom. The van der Waals surface area contributed by atoms with Gasteiger partial charge in [-0.15, -0.1) is 0 Å². The molecule has 4 aliphatic carbocycles. The van der Waals surface area contributed by atoms with Crippen molar-refractivity contribution in [2.24, 2.45) is 46.3 Å². The molecule has 4 aliphatic rings. The molecule has 0 saturated heterocycles. The van der Waals surface area contributed by atoms with Crippen LogP contribution in [0.15, 0.2) is 11.6 Å². The van der Waals surface area contributed by atoms with Crippen molar-refractivity contribution in [3.63, 3.8) is 0 Å². The number of aliphatic carboxylic acids is 1. The first-order valence-electron chi connectivity index (χ1n) is 14.7. The van der Waals surface area contributed by atoms with Gasteiger partial charge in [0.2, 0.25) is 0 Å². The van der Waals surface area contributed by atoms with Gasteiger partial charge >= 0.3 is 11.9 Å². The number of hydrogen-bond donors (Lipinski definition) is 1. The van der Waals surface area contributed by atoms with Crippen LogP contribution >= 0.6 is 0 Å². The number of hydrogen-bond acceptors (Lipinski definition) is 3. The average Bonchev–Trinajstić information content (AvgIpc) is 3.15. The fourth-order valence-corrected chi connectivity index (χ4v) is 9.21. The van der Waals surface area contributed by atoms with Gasteiger partial charge in [-0.2, -0.15) is 0 Å². The van der Waals surface area contributed by atoms with E-state index in [-0.39, 0.29) is 30.3 Å². The van der Waals surface area contributed by atoms with E-state index in [1.165, 1.54) is 56.9 Å². The van der Waals surface area contributed by atoms with Crippen LogP contribution in [0, 0.1) is 46.3 Å². The van der Waals surface area contributed by atoms with Gasteiger partial charge in [0.1, 0.15) is 6.10 Å². The van der Waals surface area contributed by atoms with E-state index in [1.807, 2.05) is 0 Å². The molecule has 1 N–H and O–H groups in total. The Balaban J connectivity index is 1.40. The molecule has 35 heavy (non-hydrogen) atoms. The fourth-order valence-electron chi connectivity index (χ4n) is 9.21. The second kappa shape index (κ2) is 10.6. The Hall–Kier alpha value is -1.32. The third-order valence-electron chi connectivity index (χ3n) is 11.1. The van der Waals surface area contributed by atoms with Crippen molar-refractivity contribution < 1.29 is 19.4 Å². The molecule has 0 heterocycles. The van der Waals surface area contributed by atoms with Gasteiger partial charge < -0.3 is 9.84 Å². The predicted molar refractivity (Wildman–Crippen MR) is 140 cm³/mol. The molecule has 0 aromatic heterocycles. The van der Waals surface area contributed by atoms with Crippen LogP contribution in [0.4, 0.5) is 0 Å². The van der Waals surface area contributed by atoms with Gasteiger partial charge in [-0.1, -0.05) is 65.5 Å². The van der Waals surface area contributed by atoms with Crippen molar-refractivity contribution in [2.45, 2.75) is 124 Å². The van der Waals surface area contributed by atoms with E-state index in [1.54, 1.807) is 0 Å². The van der Waals surface area contributed by atoms with E-state index in [2.05, 4.69) is 40.7 Å². The summed E-state index contributed by atoms with van der Waals surface area (Å²) < 4.78 is 5.70. The molecule has 198 valence electrons. The molecule has 3 fully saturated rings. The maximum atomic E-state index is 12.1. The standard InChI is InChI=1S/C31H50O4/c1-20(2)7-6-8-21(3)25-11-12-26-24-10-9-22-19-23(35-29(34)14-13-28(32)33)15-17-30(22,4)27(24)16-18-31(25,26)5/h9,20-21,23-27H,6-8,10-19H2,1-5H3,(H,32,33)/t21-,23+,24?,25-,26?,27?,30+,31-/m1/s1. The summed E-state index contributed by atoms with van der Waals surface area (Å²) in [7, 11) is 0. The Bertz CT molecular complexity index is 815. The minimum atomic E-state index is -0.942. The molecule has 0 bridgehead atoms. The molecule has 3 unspecified atom stereocenters. The van der Waals surface area contributed by atoms with Crippen LogP contribution < -0.4 is 0 Å². The monoisotopic (exact) mass is 486 g/mol. The highest BCUT2D eigenvalue weighted by molar-refractivity contribution is 5.76. The van der Waals surface area contributed by atoms with Crippen molar-refractivity contribution in [2.75, 3.05) is 0 Å². The molecule has 4 heteroatoms. The number of allylic oxidation sites excluding steroid dienone is 1. The summed E-state index contributed by atoms with van der Waals surface area (Å²) in [6.45, 7) is 12.4. The van der Waals surface area contributed by atoms with E-state index in [0.717, 1.165) is 54.8 Å². The Labute approximate surface area is 213 Å². The third-order valence-corrected chi connectivity index (χ3v) is 11.1. The summed E-state index contributed by atoms with van der Waals surface area (Å²) in [5.41, 5.74) is 2.27. The van der Waals surface area contributed by atoms with E-state index >= 15 is 0 Å². The lowest BCUT2D eigenvalue weighted by atomic mass is 9.47. The summed E-state index contributed by atoms with van der Waals surface area (Å²) in [6, 6.07) is 0. The number of ether oxygens (including phenoxy) is 1. The Morgan fingerprint density at radius 2 is 1.80 bits per heavy atom. The van der Waals surface area contributed by atoms with Crippen LogP contribution in [-0.4, -0.2) is 23.1 Å². The van der Waals surface area contributed by atoms with Gasteiger partial charge in [0, 0.05) is 6.42 Å². The Kier molecular flexibility index (Phi) is 8.08. The maximum absolute atomic E-state index is 12.1. The fraction of sp³-hybridized carbons (Fsp3) is 0.871. The van der Waals surface area contributed by atoms with Crippen LogP contribution in [0.5, 0.6) is 0 Å². The molecule has 0 amide bonds. The van der Waals surface area contributed by atoms with Crippen LogP contribution in [0.25, 0.3) is 0 Å². The smallest absolute Gasteiger partial charge is 0.306 e. The van der Waals surface area contributed by atoms with Crippen LogP contribution in [-0.2, 0) is 14.3 Å². The van der Waals surface area contributed by atoms with Crippen molar-refractivity contribution >= 4 is 11.9 Å². The second-order valence-corrected chi connectivity index (χ2v) is 13.5. The second-order valence-electron chi connectivity index (χ2n) is 13.5. The van der Waals surface area contributed by atoms with Crippen molar-refractivity contribution in [1.82, 2.24) is 0 Å². The zero-order chi connectivity index (χ0) is 25.4. The number of carboxylic acid groups (broad SMARTS) is 1. The lowest BCUT2D eigenvalue weighted by Gasteiger charge is -2.58. The summed E-state index contributed by atoms with van der Waals surface area (Å²) in [4.78, 5) is 22.9. The number of fused-ring (bicyclic) bond motifs is 5. The summed E-state index contributed by atoms with van der Waals surface area (Å²) in [5, 5.41) is 8.84. The van der Waals surface area contributed by atoms with Gasteiger partial charge in [0.05, 0.1) is 12.8 Å². The van der Waals surface area contributed by atoms with Gasteiger partial charge in [0.25, 0.3) is 0 Å². The molecule has 0 aliphatic heterocycles. The van der Waals surface area contributed by atoms with Gasteiger partial charge in [0.15, 0.2) is 0 Å². The lowest BCUT2D eigenvalue weighted by Crippen LogP contribution is -2.51. The highest BCUT2D eigenvalue weighted by Crippen LogP contribution is 2.67. The normalized spacial score (nSPS) is 39.3. The number of esters is 1. The minimum absolute atomic E-state index is 0.0236. The minimum Gasteiger partial charge on any atom is -0.481 e. The van der Waals surface area contributed by atoms with E-state index in [9.17, 15) is 9.59 Å². The summed E-state index contributed by atoms with van der Waals surface area (Å²) in [5.74, 6) is 3.68. The first kappa shape index (κ1) is 26.7. The van der Waals surface area contributed by atoms with Crippen molar-refractivity contribution in [3.05, 3.63) is 11.6 Å². The highest BCUT2D eigenvalue weighted by atomic mass is 16.5. The molecule has 8 atom stereocenters. The van der Waals surface area contributed by atoms with Crippen LogP contribution in [0.3, 0.4) is 0 Å². The number of carbonyl (C=O) groups is 2. The van der Waals surface area contributed by atoms with Crippen LogP contribution in [0.2, 0.25) is 0 Å². The largest absolute Gasteiger partial charge is 0.481 e. The number of rotatable bonds is 9. The maximum Gasteiger partial charge on any atom is 0.306 e. The number of carbonyl (C=O) groups excluding carboxylic acids is 1. The van der Waals surface area contributed by atoms with Crippen molar-refractivity contribution in [3.8, 4) is 0 Å². The zero-order valence-corrected chi connectivity index (χ0v) is 23.0. The molecule has 0 aromatic rings. The molecular weight excluding hydrogens is 436 g/mol. The molecule has 0 spiro atoms. The summed E-state index contributed by atoms with van der Waals surface area (Å²) in [6.07, 6.45) is 16.0. The SMILES string of the molecule is CC(C)CCC[C@@H](C)[C@H]1CCC2C3CC=C4C[C@@H](OC(=O)CCC(=O)O)CC[C@]4(C)C3CC[C@@]21C. The van der Waals surface area contributed by atoms with Crippen LogP contribution in [0.1, 0.15) is 118 Å². The van der Waals surface area contributed by atoms with E-state index in [4.69, 9.17) is 9.84 Å². The first-order valence-corrected chi connectivity index (χ1v) is 14.7.